The van der Waals surface area contributed by atoms with E-state index in [4.69, 9.17) is 9.47 Å². The molecule has 1 unspecified atom stereocenters. The molecule has 2 aliphatic heterocycles. The first-order chi connectivity index (χ1) is 14.9. The molecule has 3 aromatic rings. The minimum absolute atomic E-state index is 0.0606. The quantitative estimate of drug-likeness (QED) is 0.367. The van der Waals surface area contributed by atoms with Crippen molar-refractivity contribution in [3.8, 4) is 11.5 Å². The Morgan fingerprint density at radius 1 is 1.03 bits per heavy atom. The Kier molecular flexibility index (Phi) is 4.55. The molecule has 6 nitrogen and oxygen atoms in total. The van der Waals surface area contributed by atoms with E-state index in [1.54, 1.807) is 18.2 Å². The maximum Gasteiger partial charge on any atom is 0.300 e. The van der Waals surface area contributed by atoms with Crippen molar-refractivity contribution >= 4 is 34.5 Å². The van der Waals surface area contributed by atoms with Gasteiger partial charge in [0.2, 0.25) is 6.79 Å². The van der Waals surface area contributed by atoms with E-state index in [0.29, 0.717) is 22.7 Å². The lowest BCUT2D eigenvalue weighted by molar-refractivity contribution is -0.132. The van der Waals surface area contributed by atoms with E-state index in [0.717, 1.165) is 16.0 Å². The van der Waals surface area contributed by atoms with Crippen molar-refractivity contribution in [3.63, 3.8) is 0 Å². The molecule has 5 rings (SSSR count). The highest BCUT2D eigenvalue weighted by molar-refractivity contribution is 7.10. The summed E-state index contributed by atoms with van der Waals surface area (Å²) in [5.41, 5.74) is 3.05. The number of fused-ring (bicyclic) bond motifs is 1. The summed E-state index contributed by atoms with van der Waals surface area (Å²) < 4.78 is 10.7. The van der Waals surface area contributed by atoms with Gasteiger partial charge >= 0.3 is 0 Å². The maximum atomic E-state index is 13.2. The zero-order valence-corrected chi connectivity index (χ0v) is 17.7. The van der Waals surface area contributed by atoms with Crippen LogP contribution in [0.2, 0.25) is 0 Å². The number of ketones is 1. The van der Waals surface area contributed by atoms with Gasteiger partial charge in [0.05, 0.1) is 5.57 Å². The average molecular weight is 433 g/mol. The van der Waals surface area contributed by atoms with Crippen LogP contribution in [0.5, 0.6) is 11.5 Å². The molecule has 156 valence electrons. The lowest BCUT2D eigenvalue weighted by Gasteiger charge is -2.25. The first-order valence-electron chi connectivity index (χ1n) is 9.77. The van der Waals surface area contributed by atoms with Gasteiger partial charge in [0.1, 0.15) is 11.8 Å². The smallest absolute Gasteiger partial charge is 0.300 e. The molecule has 1 fully saturated rings. The van der Waals surface area contributed by atoms with Gasteiger partial charge in [-0.15, -0.1) is 11.3 Å². The number of thiophene rings is 1. The van der Waals surface area contributed by atoms with Crippen LogP contribution >= 0.6 is 11.3 Å². The summed E-state index contributed by atoms with van der Waals surface area (Å²) in [6.07, 6.45) is 0. The van der Waals surface area contributed by atoms with Crippen molar-refractivity contribution in [1.82, 2.24) is 0 Å². The number of ether oxygens (including phenoxy) is 2. The third-order valence-corrected chi connectivity index (χ3v) is 6.31. The number of aryl methyl sites for hydroxylation is 2. The summed E-state index contributed by atoms with van der Waals surface area (Å²) in [6, 6.07) is 13.7. The Labute approximate surface area is 183 Å². The predicted octanol–water partition coefficient (Wildman–Crippen LogP) is 4.72. The number of hydrogen-bond donors (Lipinski definition) is 1. The molecule has 1 N–H and O–H groups in total. The fourth-order valence-corrected chi connectivity index (χ4v) is 4.93. The minimum atomic E-state index is -0.716. The number of anilines is 1. The number of rotatable bonds is 3. The summed E-state index contributed by atoms with van der Waals surface area (Å²) in [5.74, 6) is -0.553. The average Bonchev–Trinajstić information content (AvgIpc) is 3.47. The van der Waals surface area contributed by atoms with Crippen molar-refractivity contribution in [2.75, 3.05) is 11.7 Å². The van der Waals surface area contributed by atoms with Crippen LogP contribution in [0.3, 0.4) is 0 Å². The number of nitrogens with zero attached hydrogens (tertiary/aromatic N) is 1. The van der Waals surface area contributed by atoms with Crippen molar-refractivity contribution in [3.05, 3.63) is 81.1 Å². The van der Waals surface area contributed by atoms with E-state index >= 15 is 0 Å². The van der Waals surface area contributed by atoms with E-state index in [9.17, 15) is 14.7 Å². The third-order valence-electron chi connectivity index (χ3n) is 5.39. The third kappa shape index (κ3) is 3.18. The zero-order valence-electron chi connectivity index (χ0n) is 16.9. The molecule has 3 heterocycles. The topological polar surface area (TPSA) is 76.1 Å². The second kappa shape index (κ2) is 7.28. The SMILES string of the molecule is Cc1cc(C)cc(N2C(=O)C(=O)/C(=C(\O)c3ccc4c(c3)OCO4)C2c2cccs2)c1. The van der Waals surface area contributed by atoms with Crippen LogP contribution in [0.1, 0.15) is 27.6 Å². The normalized spacial score (nSPS) is 19.3. The highest BCUT2D eigenvalue weighted by atomic mass is 32.1. The maximum absolute atomic E-state index is 13.2. The molecule has 1 atom stereocenters. The molecule has 1 aromatic heterocycles. The van der Waals surface area contributed by atoms with Gasteiger partial charge in [-0.3, -0.25) is 14.5 Å². The van der Waals surface area contributed by atoms with Crippen LogP contribution in [-0.2, 0) is 9.59 Å². The van der Waals surface area contributed by atoms with Crippen LogP contribution in [0.25, 0.3) is 5.76 Å². The Balaban J connectivity index is 1.70. The molecule has 0 aliphatic carbocycles. The Hall–Kier alpha value is -3.58. The molecule has 1 amide bonds. The second-order valence-electron chi connectivity index (χ2n) is 7.60. The van der Waals surface area contributed by atoms with Crippen molar-refractivity contribution in [2.24, 2.45) is 0 Å². The zero-order chi connectivity index (χ0) is 21.7. The van der Waals surface area contributed by atoms with E-state index < -0.39 is 17.7 Å². The van der Waals surface area contributed by atoms with Crippen LogP contribution in [0.4, 0.5) is 5.69 Å². The molecule has 2 aromatic carbocycles. The summed E-state index contributed by atoms with van der Waals surface area (Å²) in [6.45, 7) is 3.99. The molecule has 1 saturated heterocycles. The van der Waals surface area contributed by atoms with Crippen LogP contribution in [0.15, 0.2) is 59.5 Å². The van der Waals surface area contributed by atoms with Crippen molar-refractivity contribution < 1.29 is 24.2 Å². The number of aliphatic hydroxyl groups excluding tert-OH is 1. The minimum Gasteiger partial charge on any atom is -0.507 e. The Bertz CT molecular complexity index is 1220. The van der Waals surface area contributed by atoms with Crippen LogP contribution < -0.4 is 14.4 Å². The van der Waals surface area contributed by atoms with Crippen LogP contribution in [0, 0.1) is 13.8 Å². The highest BCUT2D eigenvalue weighted by Crippen LogP contribution is 2.44. The molecule has 0 spiro atoms. The number of hydrogen-bond acceptors (Lipinski definition) is 6. The first-order valence-corrected chi connectivity index (χ1v) is 10.6. The lowest BCUT2D eigenvalue weighted by Crippen LogP contribution is -2.29. The monoisotopic (exact) mass is 433 g/mol. The van der Waals surface area contributed by atoms with E-state index in [1.165, 1.54) is 16.2 Å². The molecule has 7 heteroatoms. The van der Waals surface area contributed by atoms with Gasteiger partial charge in [-0.2, -0.15) is 0 Å². The summed E-state index contributed by atoms with van der Waals surface area (Å²) >= 11 is 1.43. The molecule has 0 saturated carbocycles. The Morgan fingerprint density at radius 3 is 2.48 bits per heavy atom. The fourth-order valence-electron chi connectivity index (χ4n) is 4.10. The number of carbonyl (C=O) groups is 2. The molecule has 2 aliphatic rings. The van der Waals surface area contributed by atoms with Gasteiger partial charge < -0.3 is 14.6 Å². The van der Waals surface area contributed by atoms with Gasteiger partial charge in [0, 0.05) is 16.1 Å². The van der Waals surface area contributed by atoms with Gasteiger partial charge in [0.25, 0.3) is 11.7 Å². The van der Waals surface area contributed by atoms with Crippen LogP contribution in [-0.4, -0.2) is 23.6 Å². The number of amides is 1. The number of Topliss-reactive ketones (excluding diaryl/α,β-unsaturated/α-hetero) is 1. The molecule has 31 heavy (non-hydrogen) atoms. The van der Waals surface area contributed by atoms with E-state index in [-0.39, 0.29) is 18.1 Å². The molecule has 0 bridgehead atoms. The molecular formula is C24H19NO5S. The lowest BCUT2D eigenvalue weighted by atomic mass is 9.99. The summed E-state index contributed by atoms with van der Waals surface area (Å²) in [4.78, 5) is 28.6. The standard InChI is InChI=1S/C24H19NO5S/c1-13-8-14(2)10-16(9-13)25-21(19-4-3-7-31-19)20(23(27)24(25)28)22(26)15-5-6-17-18(11-15)30-12-29-17/h3-11,21,26H,12H2,1-2H3/b22-20-. The largest absolute Gasteiger partial charge is 0.507 e. The number of carbonyl (C=O) groups excluding carboxylic acids is 2. The second-order valence-corrected chi connectivity index (χ2v) is 8.58. The Morgan fingerprint density at radius 2 is 1.77 bits per heavy atom. The van der Waals surface area contributed by atoms with Gasteiger partial charge in [-0.25, -0.2) is 0 Å². The summed E-state index contributed by atoms with van der Waals surface area (Å²) in [7, 11) is 0. The first kappa shape index (κ1) is 19.4. The number of aliphatic hydroxyl groups is 1. The molecular weight excluding hydrogens is 414 g/mol. The molecule has 0 radical (unpaired) electrons. The van der Waals surface area contributed by atoms with E-state index in [2.05, 4.69) is 0 Å². The van der Waals surface area contributed by atoms with E-state index in [1.807, 2.05) is 49.6 Å². The van der Waals surface area contributed by atoms with Crippen molar-refractivity contribution in [1.29, 1.82) is 0 Å². The van der Waals surface area contributed by atoms with Gasteiger partial charge in [0.15, 0.2) is 11.5 Å². The highest BCUT2D eigenvalue weighted by Gasteiger charge is 2.47. The number of benzene rings is 2. The predicted molar refractivity (Wildman–Crippen MR) is 118 cm³/mol. The van der Waals surface area contributed by atoms with Crippen molar-refractivity contribution in [2.45, 2.75) is 19.9 Å². The van der Waals surface area contributed by atoms with Gasteiger partial charge in [-0.1, -0.05) is 12.1 Å². The summed E-state index contributed by atoms with van der Waals surface area (Å²) in [5, 5.41) is 13.1. The fraction of sp³-hybridized carbons (Fsp3) is 0.167. The van der Waals surface area contributed by atoms with Gasteiger partial charge in [-0.05, 0) is 66.8 Å².